The van der Waals surface area contributed by atoms with Crippen LogP contribution in [0.5, 0.6) is 0 Å². The number of nitrogen functional groups attached to an aromatic ring is 1. The highest BCUT2D eigenvalue weighted by Gasteiger charge is 2.38. The lowest BCUT2D eigenvalue weighted by Gasteiger charge is -2.25. The van der Waals surface area contributed by atoms with Gasteiger partial charge in [-0.1, -0.05) is 24.3 Å². The lowest BCUT2D eigenvalue weighted by Crippen LogP contribution is -2.46. The standard InChI is InChI=1S/C20H22N4O3S/c21-15-9-7-14(8-10-15)11-12-22-20(25)17-5-3-13-24(17)19-16-4-1-2-6-18(16)28(26,27)23-19/h1-2,4,6-10,17H,3,5,11-13,21H2,(H,22,25). The second kappa shape index (κ2) is 7.27. The predicted octanol–water partition coefficient (Wildman–Crippen LogP) is 1.54. The molecule has 4 rings (SSSR count). The van der Waals surface area contributed by atoms with Gasteiger partial charge < -0.3 is 16.0 Å². The fourth-order valence-corrected chi connectivity index (χ4v) is 4.94. The van der Waals surface area contributed by atoms with Crippen LogP contribution in [-0.2, 0) is 21.2 Å². The number of hydrogen-bond donors (Lipinski definition) is 2. The maximum absolute atomic E-state index is 12.8. The number of rotatable bonds is 4. The maximum atomic E-state index is 12.8. The molecular formula is C20H22N4O3S. The number of likely N-dealkylation sites (tertiary alicyclic amines) is 1. The number of fused-ring (bicyclic) bond motifs is 1. The number of carbonyl (C=O) groups excluding carboxylic acids is 1. The molecular weight excluding hydrogens is 376 g/mol. The SMILES string of the molecule is Nc1ccc(CCNC(=O)C2CCCN2C2=NS(=O)(=O)c3ccccc32)cc1. The molecule has 8 heteroatoms. The first-order valence-corrected chi connectivity index (χ1v) is 10.7. The van der Waals surface area contributed by atoms with Gasteiger partial charge in [-0.3, -0.25) is 4.79 Å². The van der Waals surface area contributed by atoms with Crippen molar-refractivity contribution in [3.05, 3.63) is 59.7 Å². The third-order valence-electron chi connectivity index (χ3n) is 5.13. The smallest absolute Gasteiger partial charge is 0.285 e. The number of benzene rings is 2. The molecule has 1 amide bonds. The van der Waals surface area contributed by atoms with Crippen LogP contribution in [-0.4, -0.2) is 44.2 Å². The lowest BCUT2D eigenvalue weighted by molar-refractivity contribution is -0.124. The lowest BCUT2D eigenvalue weighted by atomic mass is 10.1. The first-order chi connectivity index (χ1) is 13.5. The van der Waals surface area contributed by atoms with E-state index < -0.39 is 16.1 Å². The van der Waals surface area contributed by atoms with E-state index in [2.05, 4.69) is 9.71 Å². The highest BCUT2D eigenvalue weighted by molar-refractivity contribution is 7.90. The topological polar surface area (TPSA) is 105 Å². The highest BCUT2D eigenvalue weighted by Crippen LogP contribution is 2.31. The van der Waals surface area contributed by atoms with Gasteiger partial charge in [-0.25, -0.2) is 0 Å². The van der Waals surface area contributed by atoms with Gasteiger partial charge in [0.25, 0.3) is 10.0 Å². The third kappa shape index (κ3) is 3.47. The van der Waals surface area contributed by atoms with Crippen molar-refractivity contribution in [2.45, 2.75) is 30.2 Å². The Labute approximate surface area is 164 Å². The molecule has 0 aromatic heterocycles. The number of carbonyl (C=O) groups is 1. The van der Waals surface area contributed by atoms with Crippen LogP contribution in [0.25, 0.3) is 0 Å². The molecule has 2 heterocycles. The van der Waals surface area contributed by atoms with Gasteiger partial charge in [-0.05, 0) is 49.1 Å². The molecule has 0 spiro atoms. The van der Waals surface area contributed by atoms with Crippen LogP contribution in [0.3, 0.4) is 0 Å². The van der Waals surface area contributed by atoms with Crippen molar-refractivity contribution in [1.82, 2.24) is 10.2 Å². The maximum Gasteiger partial charge on any atom is 0.285 e. The van der Waals surface area contributed by atoms with Gasteiger partial charge >= 0.3 is 0 Å². The van der Waals surface area contributed by atoms with Crippen LogP contribution < -0.4 is 11.1 Å². The molecule has 2 aromatic carbocycles. The number of anilines is 1. The Morgan fingerprint density at radius 1 is 1.18 bits per heavy atom. The van der Waals surface area contributed by atoms with Crippen LogP contribution in [0.1, 0.15) is 24.0 Å². The fourth-order valence-electron chi connectivity index (χ4n) is 3.72. The summed E-state index contributed by atoms with van der Waals surface area (Å²) in [5, 5.41) is 2.97. The van der Waals surface area contributed by atoms with E-state index in [-0.39, 0.29) is 10.8 Å². The normalized spacial score (nSPS) is 19.9. The van der Waals surface area contributed by atoms with E-state index in [0.717, 1.165) is 12.0 Å². The molecule has 1 unspecified atom stereocenters. The summed E-state index contributed by atoms with van der Waals surface area (Å²) in [6.07, 6.45) is 2.20. The van der Waals surface area contributed by atoms with E-state index in [9.17, 15) is 13.2 Å². The number of nitrogens with one attached hydrogen (secondary N) is 1. The number of sulfonamides is 1. The Hall–Kier alpha value is -2.87. The summed E-state index contributed by atoms with van der Waals surface area (Å²) in [7, 11) is -3.69. The second-order valence-corrected chi connectivity index (χ2v) is 8.59. The molecule has 3 N–H and O–H groups in total. The van der Waals surface area contributed by atoms with Crippen LogP contribution in [0, 0.1) is 0 Å². The van der Waals surface area contributed by atoms with Crippen molar-refractivity contribution < 1.29 is 13.2 Å². The minimum absolute atomic E-state index is 0.0996. The summed E-state index contributed by atoms with van der Waals surface area (Å²) in [4.78, 5) is 14.8. The van der Waals surface area contributed by atoms with E-state index in [1.807, 2.05) is 29.2 Å². The minimum Gasteiger partial charge on any atom is -0.399 e. The zero-order valence-electron chi connectivity index (χ0n) is 15.3. The molecule has 2 aromatic rings. The quantitative estimate of drug-likeness (QED) is 0.760. The average molecular weight is 398 g/mol. The summed E-state index contributed by atoms with van der Waals surface area (Å²) in [6, 6.07) is 13.9. The molecule has 7 nitrogen and oxygen atoms in total. The molecule has 0 saturated carbocycles. The van der Waals surface area contributed by atoms with Crippen molar-refractivity contribution >= 4 is 27.5 Å². The summed E-state index contributed by atoms with van der Waals surface area (Å²) < 4.78 is 28.6. The molecule has 0 bridgehead atoms. The fraction of sp³-hybridized carbons (Fsp3) is 0.300. The number of amides is 1. The van der Waals surface area contributed by atoms with Gasteiger partial charge in [0.2, 0.25) is 5.91 Å². The average Bonchev–Trinajstić information content (AvgIpc) is 3.26. The summed E-state index contributed by atoms with van der Waals surface area (Å²) in [6.45, 7) is 1.12. The molecule has 28 heavy (non-hydrogen) atoms. The van der Waals surface area contributed by atoms with Gasteiger partial charge in [0.1, 0.15) is 10.9 Å². The number of amidine groups is 1. The predicted molar refractivity (Wildman–Crippen MR) is 107 cm³/mol. The van der Waals surface area contributed by atoms with E-state index in [4.69, 9.17) is 5.73 Å². The summed E-state index contributed by atoms with van der Waals surface area (Å²) in [5.41, 5.74) is 8.06. The van der Waals surface area contributed by atoms with Crippen LogP contribution in [0.2, 0.25) is 0 Å². The molecule has 1 saturated heterocycles. The Morgan fingerprint density at radius 3 is 2.71 bits per heavy atom. The van der Waals surface area contributed by atoms with E-state index in [1.54, 1.807) is 24.3 Å². The highest BCUT2D eigenvalue weighted by atomic mass is 32.2. The van der Waals surface area contributed by atoms with Crippen LogP contribution >= 0.6 is 0 Å². The van der Waals surface area contributed by atoms with Crippen molar-refractivity contribution in [2.75, 3.05) is 18.8 Å². The third-order valence-corrected chi connectivity index (χ3v) is 6.46. The zero-order valence-corrected chi connectivity index (χ0v) is 16.2. The largest absolute Gasteiger partial charge is 0.399 e. The zero-order chi connectivity index (χ0) is 19.7. The molecule has 2 aliphatic heterocycles. The Kier molecular flexibility index (Phi) is 4.80. The molecule has 146 valence electrons. The molecule has 1 atom stereocenters. The van der Waals surface area contributed by atoms with Gasteiger partial charge in [0.15, 0.2) is 5.84 Å². The van der Waals surface area contributed by atoms with Crippen molar-refractivity contribution in [2.24, 2.45) is 4.40 Å². The van der Waals surface area contributed by atoms with E-state index >= 15 is 0 Å². The van der Waals surface area contributed by atoms with Crippen molar-refractivity contribution in [3.63, 3.8) is 0 Å². The molecule has 2 aliphatic rings. The first-order valence-electron chi connectivity index (χ1n) is 9.29. The van der Waals surface area contributed by atoms with Gasteiger partial charge in [0, 0.05) is 24.3 Å². The minimum atomic E-state index is -3.69. The van der Waals surface area contributed by atoms with Crippen LogP contribution in [0.4, 0.5) is 5.69 Å². The Morgan fingerprint density at radius 2 is 1.93 bits per heavy atom. The van der Waals surface area contributed by atoms with E-state index in [1.165, 1.54) is 0 Å². The number of hydrogen-bond acceptors (Lipinski definition) is 5. The van der Waals surface area contributed by atoms with E-state index in [0.29, 0.717) is 43.0 Å². The van der Waals surface area contributed by atoms with Crippen molar-refractivity contribution in [1.29, 1.82) is 0 Å². The second-order valence-electron chi connectivity index (χ2n) is 7.02. The molecule has 0 aliphatic carbocycles. The van der Waals surface area contributed by atoms with Gasteiger partial charge in [0.05, 0.1) is 0 Å². The van der Waals surface area contributed by atoms with Crippen LogP contribution in [0.15, 0.2) is 57.8 Å². The van der Waals surface area contributed by atoms with Crippen molar-refractivity contribution in [3.8, 4) is 0 Å². The van der Waals surface area contributed by atoms with Gasteiger partial charge in [-0.2, -0.15) is 8.42 Å². The number of nitrogens with zero attached hydrogens (tertiary/aromatic N) is 2. The van der Waals surface area contributed by atoms with Gasteiger partial charge in [-0.15, -0.1) is 4.40 Å². The molecule has 0 radical (unpaired) electrons. The summed E-state index contributed by atoms with van der Waals surface area (Å²) in [5.74, 6) is 0.282. The Balaban J connectivity index is 1.45. The summed E-state index contributed by atoms with van der Waals surface area (Å²) >= 11 is 0. The number of nitrogens with two attached hydrogens (primary N) is 1. The molecule has 1 fully saturated rings. The Bertz CT molecular complexity index is 1030. The monoisotopic (exact) mass is 398 g/mol. The first kappa shape index (κ1) is 18.5.